The summed E-state index contributed by atoms with van der Waals surface area (Å²) >= 11 is 0. The third-order valence-corrected chi connectivity index (χ3v) is 6.03. The molecular formula is C28H37N3O5. The summed E-state index contributed by atoms with van der Waals surface area (Å²) in [5.74, 6) is 0.126. The van der Waals surface area contributed by atoms with E-state index in [-0.39, 0.29) is 11.3 Å². The molecule has 1 saturated heterocycles. The summed E-state index contributed by atoms with van der Waals surface area (Å²) < 4.78 is 11.8. The van der Waals surface area contributed by atoms with Crippen LogP contribution < -0.4 is 9.47 Å². The molecule has 3 rings (SSSR count). The van der Waals surface area contributed by atoms with Crippen LogP contribution >= 0.6 is 0 Å². The number of hydrogen-bond acceptors (Lipinski definition) is 7. The molecule has 1 aliphatic heterocycles. The minimum absolute atomic E-state index is 0.0620. The molecular weight excluding hydrogens is 458 g/mol. The Balaban J connectivity index is 2.06. The summed E-state index contributed by atoms with van der Waals surface area (Å²) in [5.41, 5.74) is 1.17. The maximum Gasteiger partial charge on any atom is 0.295 e. The Hall–Kier alpha value is -3.39. The molecule has 1 atom stereocenters. The van der Waals surface area contributed by atoms with Gasteiger partial charge in [-0.05, 0) is 76.2 Å². The molecule has 1 N–H and O–H groups in total. The number of carbonyl (C=O) groups excluding carboxylic acids is 2. The Morgan fingerprint density at radius 1 is 1.11 bits per heavy atom. The third-order valence-electron chi connectivity index (χ3n) is 6.03. The molecule has 0 saturated carbocycles. The number of pyridine rings is 1. The fourth-order valence-electron chi connectivity index (χ4n) is 4.17. The highest BCUT2D eigenvalue weighted by atomic mass is 16.5. The van der Waals surface area contributed by atoms with E-state index in [4.69, 9.17) is 9.47 Å². The zero-order valence-corrected chi connectivity index (χ0v) is 21.9. The van der Waals surface area contributed by atoms with Crippen LogP contribution in [0.2, 0.25) is 0 Å². The average Bonchev–Trinajstić information content (AvgIpc) is 3.10. The zero-order valence-electron chi connectivity index (χ0n) is 21.9. The first kappa shape index (κ1) is 27.2. The van der Waals surface area contributed by atoms with Crippen LogP contribution in [0.5, 0.6) is 11.5 Å². The highest BCUT2D eigenvalue weighted by Gasteiger charge is 2.46. The van der Waals surface area contributed by atoms with E-state index in [0.29, 0.717) is 54.7 Å². The number of carbonyl (C=O) groups is 2. The molecule has 8 nitrogen and oxygen atoms in total. The molecule has 194 valence electrons. The molecule has 2 aromatic rings. The van der Waals surface area contributed by atoms with Gasteiger partial charge in [-0.3, -0.25) is 14.6 Å². The van der Waals surface area contributed by atoms with Crippen molar-refractivity contribution in [2.45, 2.75) is 39.7 Å². The summed E-state index contributed by atoms with van der Waals surface area (Å²) in [7, 11) is 3.92. The second kappa shape index (κ2) is 12.5. The Morgan fingerprint density at radius 3 is 2.47 bits per heavy atom. The Bertz CT molecular complexity index is 1080. The van der Waals surface area contributed by atoms with Crippen molar-refractivity contribution in [3.8, 4) is 11.5 Å². The monoisotopic (exact) mass is 495 g/mol. The number of aromatic nitrogens is 1. The van der Waals surface area contributed by atoms with E-state index < -0.39 is 17.7 Å². The van der Waals surface area contributed by atoms with Crippen molar-refractivity contribution in [2.24, 2.45) is 5.92 Å². The number of nitrogens with zero attached hydrogens (tertiary/aromatic N) is 3. The molecule has 0 spiro atoms. The first-order chi connectivity index (χ1) is 17.2. The molecule has 1 aliphatic rings. The lowest BCUT2D eigenvalue weighted by Gasteiger charge is -2.26. The standard InChI is InChI=1S/C28H37N3O5/c1-6-35-23-18-21(8-9-22(23)36-17-12-19(2)3)25-24(26(32)20-10-13-29-14-11-20)27(33)28(34)31(25)16-7-15-30(4)5/h8-11,13-14,18-19,25,32H,6-7,12,15-17H2,1-5H3/b26-24+. The normalized spacial score (nSPS) is 17.3. The van der Waals surface area contributed by atoms with Gasteiger partial charge in [0.15, 0.2) is 11.5 Å². The minimum atomic E-state index is -0.746. The summed E-state index contributed by atoms with van der Waals surface area (Å²) in [4.78, 5) is 33.9. The number of benzene rings is 1. The number of ether oxygens (including phenoxy) is 2. The van der Waals surface area contributed by atoms with E-state index in [9.17, 15) is 14.7 Å². The zero-order chi connectivity index (χ0) is 26.2. The molecule has 0 aliphatic carbocycles. The van der Waals surface area contributed by atoms with Crippen molar-refractivity contribution in [1.82, 2.24) is 14.8 Å². The fourth-order valence-corrected chi connectivity index (χ4v) is 4.17. The first-order valence-electron chi connectivity index (χ1n) is 12.5. The molecule has 36 heavy (non-hydrogen) atoms. The van der Waals surface area contributed by atoms with Gasteiger partial charge in [0.05, 0.1) is 24.8 Å². The van der Waals surface area contributed by atoms with Crippen LogP contribution in [0.1, 0.15) is 50.8 Å². The van der Waals surface area contributed by atoms with Crippen LogP contribution in [0.25, 0.3) is 5.76 Å². The van der Waals surface area contributed by atoms with Gasteiger partial charge in [0.1, 0.15) is 5.76 Å². The van der Waals surface area contributed by atoms with Crippen molar-refractivity contribution < 1.29 is 24.2 Å². The molecule has 1 fully saturated rings. The van der Waals surface area contributed by atoms with Gasteiger partial charge in [-0.25, -0.2) is 0 Å². The smallest absolute Gasteiger partial charge is 0.295 e. The van der Waals surface area contributed by atoms with Crippen LogP contribution in [0.3, 0.4) is 0 Å². The minimum Gasteiger partial charge on any atom is -0.507 e. The predicted octanol–water partition coefficient (Wildman–Crippen LogP) is 4.28. The number of aliphatic hydroxyl groups excluding tert-OH is 1. The van der Waals surface area contributed by atoms with E-state index in [0.717, 1.165) is 13.0 Å². The van der Waals surface area contributed by atoms with Crippen molar-refractivity contribution >= 4 is 17.4 Å². The Kier molecular flexibility index (Phi) is 9.47. The SMILES string of the molecule is CCOc1cc(C2/C(=C(\O)c3ccncc3)C(=O)C(=O)N2CCCN(C)C)ccc1OCCC(C)C. The van der Waals surface area contributed by atoms with E-state index in [1.54, 1.807) is 17.0 Å². The van der Waals surface area contributed by atoms with Gasteiger partial charge in [-0.15, -0.1) is 0 Å². The summed E-state index contributed by atoms with van der Waals surface area (Å²) in [6.07, 6.45) is 4.66. The van der Waals surface area contributed by atoms with Crippen molar-refractivity contribution in [3.05, 3.63) is 59.4 Å². The number of ketones is 1. The van der Waals surface area contributed by atoms with Gasteiger partial charge >= 0.3 is 0 Å². The molecule has 1 amide bonds. The van der Waals surface area contributed by atoms with E-state index in [1.807, 2.05) is 44.1 Å². The molecule has 1 aromatic carbocycles. The second-order valence-corrected chi connectivity index (χ2v) is 9.56. The molecule has 0 bridgehead atoms. The number of Topliss-reactive ketones (excluding diaryl/α,β-unsaturated/α-hetero) is 1. The van der Waals surface area contributed by atoms with Crippen LogP contribution in [-0.4, -0.2) is 72.0 Å². The number of amides is 1. The second-order valence-electron chi connectivity index (χ2n) is 9.56. The maximum absolute atomic E-state index is 13.2. The van der Waals surface area contributed by atoms with Crippen molar-refractivity contribution in [2.75, 3.05) is 40.4 Å². The fraction of sp³-hybridized carbons (Fsp3) is 0.464. The molecule has 1 unspecified atom stereocenters. The van der Waals surface area contributed by atoms with E-state index in [2.05, 4.69) is 18.8 Å². The molecule has 0 radical (unpaired) electrons. The van der Waals surface area contributed by atoms with Crippen LogP contribution in [0.15, 0.2) is 48.3 Å². The van der Waals surface area contributed by atoms with Gasteiger partial charge in [-0.1, -0.05) is 19.9 Å². The molecule has 2 heterocycles. The quantitative estimate of drug-likeness (QED) is 0.267. The molecule has 1 aromatic heterocycles. The van der Waals surface area contributed by atoms with E-state index >= 15 is 0 Å². The Morgan fingerprint density at radius 2 is 1.83 bits per heavy atom. The van der Waals surface area contributed by atoms with Crippen molar-refractivity contribution in [1.29, 1.82) is 0 Å². The number of rotatable bonds is 12. The summed E-state index contributed by atoms with van der Waals surface area (Å²) in [6, 6.07) is 7.94. The lowest BCUT2D eigenvalue weighted by atomic mass is 9.95. The van der Waals surface area contributed by atoms with Gasteiger partial charge in [0.25, 0.3) is 11.7 Å². The van der Waals surface area contributed by atoms with Crippen molar-refractivity contribution in [3.63, 3.8) is 0 Å². The number of hydrogen-bond donors (Lipinski definition) is 1. The predicted molar refractivity (Wildman–Crippen MR) is 139 cm³/mol. The lowest BCUT2D eigenvalue weighted by molar-refractivity contribution is -0.139. The highest BCUT2D eigenvalue weighted by Crippen LogP contribution is 2.42. The molecule has 8 heteroatoms. The van der Waals surface area contributed by atoms with Gasteiger partial charge in [0.2, 0.25) is 0 Å². The Labute approximate surface area is 213 Å². The topological polar surface area (TPSA) is 92.2 Å². The van der Waals surface area contributed by atoms with Gasteiger partial charge < -0.3 is 24.4 Å². The van der Waals surface area contributed by atoms with Crippen LogP contribution in [0, 0.1) is 5.92 Å². The van der Waals surface area contributed by atoms with Gasteiger partial charge in [0, 0.05) is 24.5 Å². The average molecular weight is 496 g/mol. The maximum atomic E-state index is 13.2. The lowest BCUT2D eigenvalue weighted by Crippen LogP contribution is -2.32. The third kappa shape index (κ3) is 6.43. The summed E-state index contributed by atoms with van der Waals surface area (Å²) in [6.45, 7) is 8.29. The van der Waals surface area contributed by atoms with Crippen LogP contribution in [0.4, 0.5) is 0 Å². The van der Waals surface area contributed by atoms with E-state index in [1.165, 1.54) is 12.4 Å². The largest absolute Gasteiger partial charge is 0.507 e. The highest BCUT2D eigenvalue weighted by molar-refractivity contribution is 6.46. The number of aliphatic hydroxyl groups is 1. The van der Waals surface area contributed by atoms with Crippen LogP contribution in [-0.2, 0) is 9.59 Å². The summed E-state index contributed by atoms with van der Waals surface area (Å²) in [5, 5.41) is 11.2. The first-order valence-corrected chi connectivity index (χ1v) is 12.5. The number of likely N-dealkylation sites (tertiary alicyclic amines) is 1. The van der Waals surface area contributed by atoms with Gasteiger partial charge in [-0.2, -0.15) is 0 Å².